The molecule has 2 aliphatic carbocycles. The average molecular weight is 232 g/mol. The molecule has 3 aliphatic rings. The molecule has 0 spiro atoms. The van der Waals surface area contributed by atoms with Gasteiger partial charge in [-0.05, 0) is 31.6 Å². The standard InChI is InChI=1S/C9H16N2O3S/c12-9(7-1-2-7)5-11(6-9)15(13,14)10-8-3-4-8/h7-8,10,12H,1-6H2. The fraction of sp³-hybridized carbons (Fsp3) is 1.00. The Morgan fingerprint density at radius 2 is 1.80 bits per heavy atom. The van der Waals surface area contributed by atoms with Gasteiger partial charge < -0.3 is 5.11 Å². The van der Waals surface area contributed by atoms with Gasteiger partial charge in [0.25, 0.3) is 10.2 Å². The Kier molecular flexibility index (Phi) is 1.96. The van der Waals surface area contributed by atoms with Gasteiger partial charge in [-0.2, -0.15) is 17.4 Å². The molecular weight excluding hydrogens is 216 g/mol. The number of β-amino-alcohol motifs (C(OH)–C–C–N with tert-alkyl or cyclic N) is 1. The predicted octanol–water partition coefficient (Wildman–Crippen LogP) is -0.560. The fourth-order valence-corrected chi connectivity index (χ4v) is 3.69. The van der Waals surface area contributed by atoms with Crippen molar-refractivity contribution in [2.24, 2.45) is 5.92 Å². The van der Waals surface area contributed by atoms with Gasteiger partial charge in [-0.3, -0.25) is 0 Å². The first-order valence-corrected chi connectivity index (χ1v) is 6.93. The van der Waals surface area contributed by atoms with E-state index in [-0.39, 0.29) is 19.1 Å². The zero-order valence-corrected chi connectivity index (χ0v) is 9.33. The van der Waals surface area contributed by atoms with Crippen LogP contribution in [0.4, 0.5) is 0 Å². The molecule has 0 radical (unpaired) electrons. The highest BCUT2D eigenvalue weighted by atomic mass is 32.2. The predicted molar refractivity (Wildman–Crippen MR) is 54.3 cm³/mol. The molecule has 6 heteroatoms. The zero-order valence-electron chi connectivity index (χ0n) is 8.52. The van der Waals surface area contributed by atoms with Gasteiger partial charge in [-0.1, -0.05) is 0 Å². The maximum atomic E-state index is 11.7. The van der Waals surface area contributed by atoms with E-state index in [1.54, 1.807) is 0 Å². The summed E-state index contributed by atoms with van der Waals surface area (Å²) in [6.07, 6.45) is 3.97. The van der Waals surface area contributed by atoms with Gasteiger partial charge in [-0.25, -0.2) is 0 Å². The van der Waals surface area contributed by atoms with Crippen molar-refractivity contribution in [3.63, 3.8) is 0 Å². The Morgan fingerprint density at radius 3 is 2.27 bits per heavy atom. The van der Waals surface area contributed by atoms with Crippen molar-refractivity contribution in [3.8, 4) is 0 Å². The van der Waals surface area contributed by atoms with Crippen molar-refractivity contribution in [3.05, 3.63) is 0 Å². The van der Waals surface area contributed by atoms with Crippen molar-refractivity contribution in [2.45, 2.75) is 37.3 Å². The molecule has 2 N–H and O–H groups in total. The summed E-state index contributed by atoms with van der Waals surface area (Å²) in [6.45, 7) is 0.555. The van der Waals surface area contributed by atoms with Gasteiger partial charge in [-0.15, -0.1) is 0 Å². The monoisotopic (exact) mass is 232 g/mol. The smallest absolute Gasteiger partial charge is 0.279 e. The largest absolute Gasteiger partial charge is 0.387 e. The Balaban J connectivity index is 1.60. The number of nitrogens with zero attached hydrogens (tertiary/aromatic N) is 1. The lowest BCUT2D eigenvalue weighted by atomic mass is 9.91. The van der Waals surface area contributed by atoms with Gasteiger partial charge in [0, 0.05) is 19.1 Å². The molecule has 15 heavy (non-hydrogen) atoms. The molecule has 0 aromatic carbocycles. The number of nitrogens with one attached hydrogen (secondary N) is 1. The van der Waals surface area contributed by atoms with E-state index in [0.29, 0.717) is 5.92 Å². The van der Waals surface area contributed by atoms with E-state index < -0.39 is 15.8 Å². The first-order chi connectivity index (χ1) is 7.00. The fourth-order valence-electron chi connectivity index (χ4n) is 2.10. The summed E-state index contributed by atoms with van der Waals surface area (Å²) in [6, 6.07) is 0.143. The summed E-state index contributed by atoms with van der Waals surface area (Å²) >= 11 is 0. The first-order valence-electron chi connectivity index (χ1n) is 5.49. The third-order valence-corrected chi connectivity index (χ3v) is 5.04. The van der Waals surface area contributed by atoms with Crippen LogP contribution in [0.3, 0.4) is 0 Å². The second-order valence-electron chi connectivity index (χ2n) is 5.04. The Hall–Kier alpha value is -0.170. The summed E-state index contributed by atoms with van der Waals surface area (Å²) in [5.41, 5.74) is -0.724. The molecule has 0 aromatic heterocycles. The first kappa shape index (κ1) is 10.0. The van der Waals surface area contributed by atoms with Crippen LogP contribution in [0.15, 0.2) is 0 Å². The van der Waals surface area contributed by atoms with E-state index in [1.807, 2.05) is 0 Å². The minimum absolute atomic E-state index is 0.143. The van der Waals surface area contributed by atoms with E-state index in [1.165, 1.54) is 4.31 Å². The molecule has 1 saturated heterocycles. The Bertz CT molecular complexity index is 367. The lowest BCUT2D eigenvalue weighted by Crippen LogP contribution is -2.66. The molecule has 2 saturated carbocycles. The number of hydrogen-bond donors (Lipinski definition) is 2. The molecule has 0 amide bonds. The SMILES string of the molecule is O=S(=O)(NC1CC1)N1CC(O)(C2CC2)C1. The Morgan fingerprint density at radius 1 is 1.20 bits per heavy atom. The van der Waals surface area contributed by atoms with Crippen molar-refractivity contribution >= 4 is 10.2 Å². The molecule has 1 aliphatic heterocycles. The quantitative estimate of drug-likeness (QED) is 0.682. The van der Waals surface area contributed by atoms with Crippen LogP contribution >= 0.6 is 0 Å². The van der Waals surface area contributed by atoms with Gasteiger partial charge in [0.1, 0.15) is 0 Å². The average Bonchev–Trinajstić information content (AvgIpc) is 2.89. The molecule has 86 valence electrons. The van der Waals surface area contributed by atoms with E-state index in [9.17, 15) is 13.5 Å². The molecular formula is C9H16N2O3S. The Labute approximate surface area is 89.6 Å². The van der Waals surface area contributed by atoms with Gasteiger partial charge in [0.05, 0.1) is 5.60 Å². The van der Waals surface area contributed by atoms with Crippen LogP contribution in [0.2, 0.25) is 0 Å². The highest BCUT2D eigenvalue weighted by molar-refractivity contribution is 7.87. The second kappa shape index (κ2) is 2.94. The molecule has 0 unspecified atom stereocenters. The van der Waals surface area contributed by atoms with Crippen LogP contribution in [-0.2, 0) is 10.2 Å². The highest BCUT2D eigenvalue weighted by Gasteiger charge is 2.55. The summed E-state index contributed by atoms with van der Waals surface area (Å²) in [4.78, 5) is 0. The molecule has 3 rings (SSSR count). The third-order valence-electron chi connectivity index (χ3n) is 3.47. The minimum atomic E-state index is -3.31. The molecule has 3 fully saturated rings. The van der Waals surface area contributed by atoms with Crippen molar-refractivity contribution in [1.29, 1.82) is 0 Å². The van der Waals surface area contributed by atoms with E-state index in [2.05, 4.69) is 4.72 Å². The number of rotatable bonds is 4. The third kappa shape index (κ3) is 1.80. The number of aliphatic hydroxyl groups is 1. The van der Waals surface area contributed by atoms with Crippen molar-refractivity contribution < 1.29 is 13.5 Å². The van der Waals surface area contributed by atoms with Crippen molar-refractivity contribution in [1.82, 2.24) is 9.03 Å². The summed E-state index contributed by atoms with van der Waals surface area (Å²) in [7, 11) is -3.31. The molecule has 5 nitrogen and oxygen atoms in total. The topological polar surface area (TPSA) is 69.6 Å². The van der Waals surface area contributed by atoms with Crippen molar-refractivity contribution in [2.75, 3.05) is 13.1 Å². The molecule has 1 heterocycles. The van der Waals surface area contributed by atoms with Crippen LogP contribution in [-0.4, -0.2) is 42.6 Å². The maximum Gasteiger partial charge on any atom is 0.279 e. The minimum Gasteiger partial charge on any atom is -0.387 e. The van der Waals surface area contributed by atoms with Crippen LogP contribution in [0.25, 0.3) is 0 Å². The zero-order chi connectivity index (χ0) is 10.7. The van der Waals surface area contributed by atoms with Crippen LogP contribution < -0.4 is 4.72 Å². The van der Waals surface area contributed by atoms with Crippen LogP contribution in [0.1, 0.15) is 25.7 Å². The van der Waals surface area contributed by atoms with Crippen LogP contribution in [0, 0.1) is 5.92 Å². The lowest BCUT2D eigenvalue weighted by Gasteiger charge is -2.45. The lowest BCUT2D eigenvalue weighted by molar-refractivity contribution is -0.0769. The summed E-state index contributed by atoms with van der Waals surface area (Å²) in [5, 5.41) is 10.00. The summed E-state index contributed by atoms with van der Waals surface area (Å²) in [5.74, 6) is 0.338. The van der Waals surface area contributed by atoms with E-state index in [4.69, 9.17) is 0 Å². The number of hydrogen-bond acceptors (Lipinski definition) is 3. The van der Waals surface area contributed by atoms with Gasteiger partial charge in [0.15, 0.2) is 0 Å². The normalized spacial score (nSPS) is 31.3. The van der Waals surface area contributed by atoms with E-state index >= 15 is 0 Å². The summed E-state index contributed by atoms with van der Waals surface area (Å²) < 4.78 is 27.4. The highest BCUT2D eigenvalue weighted by Crippen LogP contribution is 2.45. The molecule has 0 atom stereocenters. The van der Waals surface area contributed by atoms with Gasteiger partial charge >= 0.3 is 0 Å². The molecule has 0 bridgehead atoms. The molecule has 0 aromatic rings. The van der Waals surface area contributed by atoms with Gasteiger partial charge in [0.2, 0.25) is 0 Å². The second-order valence-corrected chi connectivity index (χ2v) is 6.75. The maximum absolute atomic E-state index is 11.7. The van der Waals surface area contributed by atoms with E-state index in [0.717, 1.165) is 25.7 Å². The van der Waals surface area contributed by atoms with Crippen LogP contribution in [0.5, 0.6) is 0 Å².